The highest BCUT2D eigenvalue weighted by Gasteiger charge is 2.37. The summed E-state index contributed by atoms with van der Waals surface area (Å²) in [4.78, 5) is 29.6. The third-order valence-corrected chi connectivity index (χ3v) is 4.88. The fraction of sp³-hybridized carbons (Fsp3) is 0.286. The van der Waals surface area contributed by atoms with Gasteiger partial charge in [-0.3, -0.25) is 14.6 Å². The highest BCUT2D eigenvalue weighted by Crippen LogP contribution is 2.38. The van der Waals surface area contributed by atoms with Gasteiger partial charge >= 0.3 is 0 Å². The Labute approximate surface area is 151 Å². The predicted octanol–water partition coefficient (Wildman–Crippen LogP) is 4.54. The highest BCUT2D eigenvalue weighted by atomic mass is 16.4. The summed E-state index contributed by atoms with van der Waals surface area (Å²) >= 11 is 0. The van der Waals surface area contributed by atoms with E-state index in [1.165, 1.54) is 0 Å². The first-order valence-electron chi connectivity index (χ1n) is 8.66. The Bertz CT molecular complexity index is 1040. The number of furan rings is 1. The summed E-state index contributed by atoms with van der Waals surface area (Å²) in [5, 5.41) is 3.76. The number of aromatic nitrogens is 1. The highest BCUT2D eigenvalue weighted by molar-refractivity contribution is 6.10. The molecule has 0 aliphatic heterocycles. The van der Waals surface area contributed by atoms with Gasteiger partial charge in [0.15, 0.2) is 11.5 Å². The van der Waals surface area contributed by atoms with Crippen LogP contribution in [0.4, 0.5) is 5.69 Å². The average Bonchev–Trinajstić information content (AvgIpc) is 2.90. The molecule has 132 valence electrons. The summed E-state index contributed by atoms with van der Waals surface area (Å²) in [6.07, 6.45) is 2.84. The zero-order valence-electron chi connectivity index (χ0n) is 15.1. The number of nitrogens with one attached hydrogen (secondary N) is 1. The lowest BCUT2D eigenvalue weighted by atomic mass is 9.76. The first-order chi connectivity index (χ1) is 12.4. The number of pyridine rings is 1. The molecule has 2 heterocycles. The summed E-state index contributed by atoms with van der Waals surface area (Å²) in [5.41, 5.74) is 2.52. The van der Waals surface area contributed by atoms with Crippen molar-refractivity contribution in [3.05, 3.63) is 59.2 Å². The molecular weight excluding hydrogens is 328 g/mol. The minimum absolute atomic E-state index is 0.0471. The van der Waals surface area contributed by atoms with E-state index in [9.17, 15) is 9.59 Å². The van der Waals surface area contributed by atoms with E-state index in [0.29, 0.717) is 35.4 Å². The number of ketones is 1. The number of nitrogens with zero attached hydrogens (tertiary/aromatic N) is 1. The number of amides is 1. The van der Waals surface area contributed by atoms with Crippen molar-refractivity contribution in [2.75, 3.05) is 5.32 Å². The van der Waals surface area contributed by atoms with E-state index < -0.39 is 0 Å². The van der Waals surface area contributed by atoms with Crippen LogP contribution >= 0.6 is 0 Å². The van der Waals surface area contributed by atoms with Crippen LogP contribution in [0.1, 0.15) is 52.5 Å². The van der Waals surface area contributed by atoms with Crippen LogP contribution in [-0.4, -0.2) is 16.7 Å². The molecule has 5 heteroatoms. The molecule has 0 saturated carbocycles. The van der Waals surface area contributed by atoms with Crippen molar-refractivity contribution in [3.63, 3.8) is 0 Å². The molecule has 4 rings (SSSR count). The number of fused-ring (bicyclic) bond motifs is 2. The monoisotopic (exact) mass is 348 g/mol. The Hall–Kier alpha value is -2.95. The molecule has 0 saturated heterocycles. The van der Waals surface area contributed by atoms with Crippen LogP contribution in [-0.2, 0) is 6.42 Å². The van der Waals surface area contributed by atoms with Gasteiger partial charge in [-0.2, -0.15) is 0 Å². The van der Waals surface area contributed by atoms with E-state index in [1.807, 2.05) is 44.2 Å². The summed E-state index contributed by atoms with van der Waals surface area (Å²) in [5.74, 6) is 0.528. The van der Waals surface area contributed by atoms with Crippen molar-refractivity contribution in [1.82, 2.24) is 4.98 Å². The largest absolute Gasteiger partial charge is 0.455 e. The fourth-order valence-corrected chi connectivity index (χ4v) is 3.69. The van der Waals surface area contributed by atoms with Crippen LogP contribution in [0.5, 0.6) is 0 Å². The average molecular weight is 348 g/mol. The molecule has 1 amide bonds. The number of hydrogen-bond acceptors (Lipinski definition) is 4. The summed E-state index contributed by atoms with van der Waals surface area (Å²) in [6, 6.07) is 9.30. The van der Waals surface area contributed by atoms with Crippen molar-refractivity contribution in [2.45, 2.75) is 33.6 Å². The quantitative estimate of drug-likeness (QED) is 0.738. The van der Waals surface area contributed by atoms with Gasteiger partial charge in [-0.15, -0.1) is 0 Å². The zero-order chi connectivity index (χ0) is 18.5. The van der Waals surface area contributed by atoms with Crippen molar-refractivity contribution in [1.29, 1.82) is 0 Å². The number of carbonyl (C=O) groups excluding carboxylic acids is 2. The van der Waals surface area contributed by atoms with Crippen LogP contribution in [0.15, 0.2) is 40.9 Å². The summed E-state index contributed by atoms with van der Waals surface area (Å²) in [6.45, 7) is 5.85. The van der Waals surface area contributed by atoms with Gasteiger partial charge in [-0.05, 0) is 36.6 Å². The van der Waals surface area contributed by atoms with Crippen molar-refractivity contribution >= 4 is 28.3 Å². The normalized spacial score (nSPS) is 15.7. The predicted molar refractivity (Wildman–Crippen MR) is 99.6 cm³/mol. The van der Waals surface area contributed by atoms with Crippen LogP contribution in [0.25, 0.3) is 10.9 Å². The molecule has 0 radical (unpaired) electrons. The van der Waals surface area contributed by atoms with E-state index in [-0.39, 0.29) is 22.9 Å². The Morgan fingerprint density at radius 1 is 1.19 bits per heavy atom. The molecular formula is C21H20N2O3. The zero-order valence-corrected chi connectivity index (χ0v) is 15.1. The molecule has 0 atom stereocenters. The van der Waals surface area contributed by atoms with E-state index in [2.05, 4.69) is 10.3 Å². The van der Waals surface area contributed by atoms with Crippen LogP contribution in [0, 0.1) is 12.3 Å². The van der Waals surface area contributed by atoms with Gasteiger partial charge in [0.2, 0.25) is 0 Å². The third-order valence-electron chi connectivity index (χ3n) is 4.88. The number of hydrogen-bond donors (Lipinski definition) is 1. The number of rotatable bonds is 2. The van der Waals surface area contributed by atoms with Gasteiger partial charge in [0.05, 0.1) is 16.8 Å². The number of carbonyl (C=O) groups is 2. The minimum Gasteiger partial charge on any atom is -0.455 e. The van der Waals surface area contributed by atoms with Gasteiger partial charge in [0.1, 0.15) is 5.76 Å². The second kappa shape index (κ2) is 5.80. The van der Waals surface area contributed by atoms with Crippen LogP contribution in [0.2, 0.25) is 0 Å². The lowest BCUT2D eigenvalue weighted by Gasteiger charge is -2.27. The Morgan fingerprint density at radius 3 is 2.81 bits per heavy atom. The smallest absolute Gasteiger partial charge is 0.291 e. The maximum absolute atomic E-state index is 12.8. The van der Waals surface area contributed by atoms with E-state index in [0.717, 1.165) is 10.9 Å². The summed E-state index contributed by atoms with van der Waals surface area (Å²) < 4.78 is 5.84. The number of Topliss-reactive ketones (excluding diaryl/α,β-unsaturated/α-hetero) is 1. The molecule has 1 N–H and O–H groups in total. The number of benzene rings is 1. The minimum atomic E-state index is -0.348. The van der Waals surface area contributed by atoms with Gasteiger partial charge in [0.25, 0.3) is 5.91 Å². The molecule has 0 spiro atoms. The second-order valence-electron chi connectivity index (χ2n) is 7.63. The molecule has 1 aliphatic carbocycles. The molecule has 1 aliphatic rings. The first-order valence-corrected chi connectivity index (χ1v) is 8.66. The van der Waals surface area contributed by atoms with Crippen molar-refractivity contribution in [2.24, 2.45) is 5.41 Å². The van der Waals surface area contributed by atoms with Crippen molar-refractivity contribution in [3.8, 4) is 0 Å². The molecule has 0 unspecified atom stereocenters. The maximum atomic E-state index is 12.8. The van der Waals surface area contributed by atoms with E-state index >= 15 is 0 Å². The molecule has 26 heavy (non-hydrogen) atoms. The first kappa shape index (κ1) is 16.5. The maximum Gasteiger partial charge on any atom is 0.291 e. The second-order valence-corrected chi connectivity index (χ2v) is 7.63. The lowest BCUT2D eigenvalue weighted by Crippen LogP contribution is -2.26. The van der Waals surface area contributed by atoms with Gasteiger partial charge in [0, 0.05) is 30.0 Å². The molecule has 0 fully saturated rings. The van der Waals surface area contributed by atoms with Gasteiger partial charge in [-0.1, -0.05) is 19.9 Å². The molecule has 5 nitrogen and oxygen atoms in total. The van der Waals surface area contributed by atoms with Gasteiger partial charge in [-0.25, -0.2) is 0 Å². The summed E-state index contributed by atoms with van der Waals surface area (Å²) in [7, 11) is 0. The van der Waals surface area contributed by atoms with Crippen molar-refractivity contribution < 1.29 is 14.0 Å². The Morgan fingerprint density at radius 2 is 2.00 bits per heavy atom. The SMILES string of the molecule is Cc1c(C(=O)Nc2cccc3ncccc23)oc2c1C(=O)CC(C)(C)C2. The Kier molecular flexibility index (Phi) is 3.68. The lowest BCUT2D eigenvalue weighted by molar-refractivity contribution is 0.0898. The number of anilines is 1. The van der Waals surface area contributed by atoms with Crippen LogP contribution in [0.3, 0.4) is 0 Å². The van der Waals surface area contributed by atoms with E-state index in [1.54, 1.807) is 13.1 Å². The van der Waals surface area contributed by atoms with Gasteiger partial charge < -0.3 is 9.73 Å². The van der Waals surface area contributed by atoms with E-state index in [4.69, 9.17) is 4.42 Å². The Balaban J connectivity index is 1.71. The topological polar surface area (TPSA) is 72.2 Å². The molecule has 0 bridgehead atoms. The molecule has 2 aromatic heterocycles. The fourth-order valence-electron chi connectivity index (χ4n) is 3.69. The standard InChI is InChI=1S/C21H20N2O3/c1-12-18-16(24)10-21(2,3)11-17(18)26-19(12)20(25)23-15-8-4-7-14-13(15)6-5-9-22-14/h4-9H,10-11H2,1-3H3,(H,23,25). The van der Waals surface area contributed by atoms with Crippen LogP contribution < -0.4 is 5.32 Å². The molecule has 3 aromatic rings. The molecule has 1 aromatic carbocycles. The third kappa shape index (κ3) is 2.69.